The number of hydrogen-bond donors (Lipinski definition) is 1. The summed E-state index contributed by atoms with van der Waals surface area (Å²) >= 11 is 1.47. The number of carbonyl (C=O) groups is 2. The molecule has 2 unspecified atom stereocenters. The van der Waals surface area contributed by atoms with E-state index in [1.54, 1.807) is 0 Å². The number of nitrogens with zero attached hydrogens (tertiary/aromatic N) is 1. The molecule has 1 aromatic rings. The Hall–Kier alpha value is -1.36. The first kappa shape index (κ1) is 18.7. The minimum absolute atomic E-state index is 0.0253. The van der Waals surface area contributed by atoms with Crippen LogP contribution < -0.4 is 5.32 Å². The molecule has 1 N–H and O–H groups in total. The van der Waals surface area contributed by atoms with E-state index < -0.39 is 0 Å². The molecular formula is C23H32N2O2S. The molecule has 4 nitrogen and oxygen atoms in total. The highest BCUT2D eigenvalue weighted by atomic mass is 32.1. The lowest BCUT2D eigenvalue weighted by Crippen LogP contribution is -2.59. The third-order valence-corrected chi connectivity index (χ3v) is 9.02. The van der Waals surface area contributed by atoms with Gasteiger partial charge >= 0.3 is 0 Å². The quantitative estimate of drug-likeness (QED) is 0.811. The largest absolute Gasteiger partial charge is 0.351 e. The highest BCUT2D eigenvalue weighted by molar-refractivity contribution is 7.12. The number of piperidine rings is 1. The van der Waals surface area contributed by atoms with Crippen molar-refractivity contribution >= 4 is 23.2 Å². The minimum Gasteiger partial charge on any atom is -0.351 e. The zero-order valence-corrected chi connectivity index (χ0v) is 17.7. The molecule has 1 aliphatic heterocycles. The first-order chi connectivity index (χ1) is 13.5. The molecule has 5 heteroatoms. The predicted molar refractivity (Wildman–Crippen MR) is 111 cm³/mol. The van der Waals surface area contributed by atoms with Crippen molar-refractivity contribution in [3.8, 4) is 0 Å². The number of amides is 2. The Morgan fingerprint density at radius 1 is 1.14 bits per heavy atom. The molecule has 2 amide bonds. The second-order valence-electron chi connectivity index (χ2n) is 10.00. The van der Waals surface area contributed by atoms with E-state index in [1.807, 2.05) is 22.4 Å². The molecule has 5 aliphatic rings. The maximum Gasteiger partial charge on any atom is 0.264 e. The first-order valence-electron chi connectivity index (χ1n) is 11.2. The molecule has 0 radical (unpaired) electrons. The molecule has 1 aromatic heterocycles. The van der Waals surface area contributed by atoms with E-state index >= 15 is 0 Å². The normalized spacial score (nSPS) is 37.7. The van der Waals surface area contributed by atoms with E-state index in [-0.39, 0.29) is 23.9 Å². The highest BCUT2D eigenvalue weighted by Crippen LogP contribution is 2.61. The zero-order valence-electron chi connectivity index (χ0n) is 16.9. The number of nitrogens with one attached hydrogen (secondary N) is 1. The second kappa shape index (κ2) is 7.16. The van der Waals surface area contributed by atoms with Crippen molar-refractivity contribution in [1.29, 1.82) is 0 Å². The van der Waals surface area contributed by atoms with Gasteiger partial charge in [-0.3, -0.25) is 9.59 Å². The maximum absolute atomic E-state index is 13.3. The van der Waals surface area contributed by atoms with E-state index in [0.717, 1.165) is 41.9 Å². The maximum atomic E-state index is 13.3. The molecule has 2 atom stereocenters. The number of carbonyl (C=O) groups excluding carboxylic acids is 2. The van der Waals surface area contributed by atoms with Gasteiger partial charge in [-0.25, -0.2) is 0 Å². The Balaban J connectivity index is 1.29. The summed E-state index contributed by atoms with van der Waals surface area (Å²) in [5, 5.41) is 5.34. The Labute approximate surface area is 172 Å². The number of hydrogen-bond acceptors (Lipinski definition) is 3. The zero-order chi connectivity index (χ0) is 19.3. The lowest BCUT2D eigenvalue weighted by atomic mass is 9.48. The van der Waals surface area contributed by atoms with Crippen LogP contribution in [0.5, 0.6) is 0 Å². The van der Waals surface area contributed by atoms with Crippen LogP contribution in [-0.2, 0) is 4.79 Å². The average molecular weight is 401 g/mol. The van der Waals surface area contributed by atoms with Crippen LogP contribution in [0.4, 0.5) is 0 Å². The monoisotopic (exact) mass is 400 g/mol. The molecule has 5 fully saturated rings. The van der Waals surface area contributed by atoms with Crippen molar-refractivity contribution < 1.29 is 9.59 Å². The Kier molecular flexibility index (Phi) is 4.77. The van der Waals surface area contributed by atoms with Crippen molar-refractivity contribution in [1.82, 2.24) is 10.2 Å². The first-order valence-corrected chi connectivity index (χ1v) is 12.1. The van der Waals surface area contributed by atoms with Crippen LogP contribution in [0.3, 0.4) is 0 Å². The van der Waals surface area contributed by atoms with Gasteiger partial charge in [0.15, 0.2) is 0 Å². The van der Waals surface area contributed by atoms with Crippen LogP contribution in [0.25, 0.3) is 0 Å². The van der Waals surface area contributed by atoms with Crippen molar-refractivity contribution in [2.45, 2.75) is 76.8 Å². The van der Waals surface area contributed by atoms with E-state index in [9.17, 15) is 9.59 Å². The SMILES string of the molecule is CC(NC(=O)C1CCCCN1C(=O)c1cccs1)C12CC3CC(CC(C3)C1)C2. The molecule has 1 saturated heterocycles. The standard InChI is InChI=1S/C23H32N2O2S/c1-15(23-12-16-9-17(13-23)11-18(10-16)14-23)24-21(26)19-5-2-3-7-25(19)22(27)20-6-4-8-28-20/h4,6,8,15-19H,2-3,5,7,9-14H2,1H3,(H,24,26). The van der Waals surface area contributed by atoms with Gasteiger partial charge < -0.3 is 10.2 Å². The van der Waals surface area contributed by atoms with Gasteiger partial charge in [-0.2, -0.15) is 0 Å². The fourth-order valence-corrected chi connectivity index (χ4v) is 7.84. The molecular weight excluding hydrogens is 368 g/mol. The summed E-state index contributed by atoms with van der Waals surface area (Å²) < 4.78 is 0. The van der Waals surface area contributed by atoms with Crippen molar-refractivity contribution in [2.75, 3.05) is 6.54 Å². The topological polar surface area (TPSA) is 49.4 Å². The Bertz CT molecular complexity index is 709. The van der Waals surface area contributed by atoms with E-state index in [1.165, 1.54) is 49.9 Å². The van der Waals surface area contributed by atoms with Crippen LogP contribution in [-0.4, -0.2) is 35.3 Å². The Morgan fingerprint density at radius 2 is 1.82 bits per heavy atom. The molecule has 6 rings (SSSR count). The molecule has 4 saturated carbocycles. The molecule has 0 aromatic carbocycles. The highest BCUT2D eigenvalue weighted by Gasteiger charge is 2.53. The van der Waals surface area contributed by atoms with Crippen LogP contribution >= 0.6 is 11.3 Å². The lowest BCUT2D eigenvalue weighted by molar-refractivity contribution is -0.131. The van der Waals surface area contributed by atoms with Gasteiger partial charge in [0.25, 0.3) is 5.91 Å². The smallest absolute Gasteiger partial charge is 0.264 e. The number of thiophene rings is 1. The van der Waals surface area contributed by atoms with Gasteiger partial charge in [0, 0.05) is 12.6 Å². The van der Waals surface area contributed by atoms with Crippen LogP contribution in [0.1, 0.15) is 74.4 Å². The number of likely N-dealkylation sites (tertiary alicyclic amines) is 1. The summed E-state index contributed by atoms with van der Waals surface area (Å²) in [7, 11) is 0. The molecule has 4 bridgehead atoms. The minimum atomic E-state index is -0.306. The van der Waals surface area contributed by atoms with Gasteiger partial charge in [0.2, 0.25) is 5.91 Å². The van der Waals surface area contributed by atoms with Crippen molar-refractivity contribution in [2.24, 2.45) is 23.2 Å². The van der Waals surface area contributed by atoms with E-state index in [0.29, 0.717) is 12.0 Å². The fourth-order valence-electron chi connectivity index (χ4n) is 7.16. The Morgan fingerprint density at radius 3 is 2.43 bits per heavy atom. The molecule has 152 valence electrons. The van der Waals surface area contributed by atoms with Gasteiger partial charge in [0.1, 0.15) is 6.04 Å². The van der Waals surface area contributed by atoms with Gasteiger partial charge in [-0.05, 0) is 99.3 Å². The average Bonchev–Trinajstić information content (AvgIpc) is 3.21. The summed E-state index contributed by atoms with van der Waals surface area (Å²) in [5.41, 5.74) is 0.307. The van der Waals surface area contributed by atoms with Gasteiger partial charge in [-0.1, -0.05) is 6.07 Å². The summed E-state index contributed by atoms with van der Waals surface area (Å²) in [5.74, 6) is 2.76. The molecule has 2 heterocycles. The second-order valence-corrected chi connectivity index (χ2v) is 10.9. The van der Waals surface area contributed by atoms with E-state index in [2.05, 4.69) is 12.2 Å². The molecule has 28 heavy (non-hydrogen) atoms. The predicted octanol–water partition coefficient (Wildman–Crippen LogP) is 4.46. The van der Waals surface area contributed by atoms with Gasteiger partial charge in [-0.15, -0.1) is 11.3 Å². The summed E-state index contributed by atoms with van der Waals surface area (Å²) in [6, 6.07) is 3.69. The summed E-state index contributed by atoms with van der Waals surface area (Å²) in [4.78, 5) is 28.8. The summed E-state index contributed by atoms with van der Waals surface area (Å²) in [6.07, 6.45) is 11.0. The van der Waals surface area contributed by atoms with Crippen LogP contribution in [0.15, 0.2) is 17.5 Å². The van der Waals surface area contributed by atoms with Crippen LogP contribution in [0.2, 0.25) is 0 Å². The number of rotatable bonds is 4. The van der Waals surface area contributed by atoms with E-state index in [4.69, 9.17) is 0 Å². The third-order valence-electron chi connectivity index (χ3n) is 8.16. The lowest BCUT2D eigenvalue weighted by Gasteiger charge is -2.59. The van der Waals surface area contributed by atoms with Crippen molar-refractivity contribution in [3.05, 3.63) is 22.4 Å². The molecule has 0 spiro atoms. The molecule has 4 aliphatic carbocycles. The fraction of sp³-hybridized carbons (Fsp3) is 0.739. The van der Waals surface area contributed by atoms with Crippen molar-refractivity contribution in [3.63, 3.8) is 0 Å². The van der Waals surface area contributed by atoms with Crippen LogP contribution in [0, 0.1) is 23.2 Å². The van der Waals surface area contributed by atoms with Gasteiger partial charge in [0.05, 0.1) is 4.88 Å². The summed E-state index contributed by atoms with van der Waals surface area (Å²) in [6.45, 7) is 2.93. The third kappa shape index (κ3) is 3.20.